The molecule has 1 aromatic carbocycles. The quantitative estimate of drug-likeness (QED) is 0.416. The number of benzene rings is 1. The van der Waals surface area contributed by atoms with Crippen LogP contribution in [-0.4, -0.2) is 34.9 Å². The maximum absolute atomic E-state index is 11.8. The van der Waals surface area contributed by atoms with Crippen LogP contribution in [0.2, 0.25) is 0 Å². The molecule has 1 aliphatic rings. The highest BCUT2D eigenvalue weighted by Gasteiger charge is 2.28. The lowest BCUT2D eigenvalue weighted by molar-refractivity contribution is -0.384. The molecule has 1 aromatic rings. The van der Waals surface area contributed by atoms with Gasteiger partial charge >= 0.3 is 0 Å². The summed E-state index contributed by atoms with van der Waals surface area (Å²) in [5, 5.41) is 13.9. The number of piperazine rings is 1. The number of hydrogen-bond donors (Lipinski definition) is 3. The predicted octanol–water partition coefficient (Wildman–Crippen LogP) is 0.591. The van der Waals surface area contributed by atoms with Crippen LogP contribution >= 0.6 is 0 Å². The average Bonchev–Trinajstić information content (AvgIpc) is 2.47. The van der Waals surface area contributed by atoms with Crippen molar-refractivity contribution in [1.29, 1.82) is 0 Å². The Morgan fingerprint density at radius 2 is 2.33 bits per heavy atom. The summed E-state index contributed by atoms with van der Waals surface area (Å²) in [7, 11) is 0. The van der Waals surface area contributed by atoms with E-state index in [1.165, 1.54) is 6.07 Å². The van der Waals surface area contributed by atoms with Crippen LogP contribution in [0.1, 0.15) is 18.9 Å². The first kappa shape index (κ1) is 15.2. The fourth-order valence-electron chi connectivity index (χ4n) is 2.58. The minimum absolute atomic E-state index is 0.0125. The largest absolute Gasteiger partial charge is 0.353 e. The van der Waals surface area contributed by atoms with Gasteiger partial charge < -0.3 is 10.7 Å². The summed E-state index contributed by atoms with van der Waals surface area (Å²) in [6.45, 7) is 3.78. The molecule has 0 saturated carbocycles. The molecule has 0 bridgehead atoms. The van der Waals surface area contributed by atoms with E-state index in [-0.39, 0.29) is 23.3 Å². The van der Waals surface area contributed by atoms with Crippen LogP contribution in [0.25, 0.3) is 0 Å². The third kappa shape index (κ3) is 3.29. The Hall–Kier alpha value is -2.19. The molecule has 1 heterocycles. The minimum Gasteiger partial charge on any atom is -0.353 e. The summed E-state index contributed by atoms with van der Waals surface area (Å²) >= 11 is 0. The molecule has 4 N–H and O–H groups in total. The zero-order valence-electron chi connectivity index (χ0n) is 11.8. The molecule has 1 fully saturated rings. The third-order valence-electron chi connectivity index (χ3n) is 3.63. The molecule has 1 amide bonds. The number of nitrogens with one attached hydrogen (secondary N) is 2. The van der Waals surface area contributed by atoms with Crippen molar-refractivity contribution in [2.75, 3.05) is 18.5 Å². The van der Waals surface area contributed by atoms with Crippen molar-refractivity contribution in [1.82, 2.24) is 10.2 Å². The number of nitrogens with two attached hydrogens (primary N) is 1. The second-order valence-electron chi connectivity index (χ2n) is 4.94. The van der Waals surface area contributed by atoms with Gasteiger partial charge in [0.2, 0.25) is 5.91 Å². The highest BCUT2D eigenvalue weighted by Crippen LogP contribution is 2.26. The van der Waals surface area contributed by atoms with Gasteiger partial charge in [0.1, 0.15) is 5.69 Å². The van der Waals surface area contributed by atoms with Crippen molar-refractivity contribution in [3.8, 4) is 0 Å². The van der Waals surface area contributed by atoms with Gasteiger partial charge in [-0.25, -0.2) is 0 Å². The standard InChI is InChI=1S/C13H19N5O3/c1-2-11-13(19)15-5-6-17(11)8-9-3-4-10(16-14)12(7-9)18(20)21/h3-4,7,11,16H,2,5-6,8,14H2,1H3,(H,15,19). The van der Waals surface area contributed by atoms with Gasteiger partial charge in [0.05, 0.1) is 11.0 Å². The Balaban J connectivity index is 2.20. The number of hydrogen-bond acceptors (Lipinski definition) is 6. The molecule has 1 unspecified atom stereocenters. The number of nitro groups is 1. The van der Waals surface area contributed by atoms with E-state index in [2.05, 4.69) is 10.7 Å². The van der Waals surface area contributed by atoms with Crippen molar-refractivity contribution in [3.63, 3.8) is 0 Å². The van der Waals surface area contributed by atoms with E-state index >= 15 is 0 Å². The van der Waals surface area contributed by atoms with E-state index in [9.17, 15) is 14.9 Å². The number of anilines is 1. The molecule has 2 rings (SSSR count). The first-order valence-corrected chi connectivity index (χ1v) is 6.82. The number of nitrogens with zero attached hydrogens (tertiary/aromatic N) is 2. The lowest BCUT2D eigenvalue weighted by Gasteiger charge is -2.34. The number of amides is 1. The summed E-state index contributed by atoms with van der Waals surface area (Å²) in [6.07, 6.45) is 0.705. The molecule has 0 aliphatic carbocycles. The van der Waals surface area contributed by atoms with E-state index < -0.39 is 4.92 Å². The van der Waals surface area contributed by atoms with Gasteiger partial charge in [-0.05, 0) is 18.1 Å². The Kier molecular flexibility index (Phi) is 4.71. The molecule has 0 radical (unpaired) electrons. The van der Waals surface area contributed by atoms with Crippen molar-refractivity contribution < 1.29 is 9.72 Å². The lowest BCUT2D eigenvalue weighted by atomic mass is 10.1. The molecule has 21 heavy (non-hydrogen) atoms. The van der Waals surface area contributed by atoms with Gasteiger partial charge in [0.25, 0.3) is 5.69 Å². The summed E-state index contributed by atoms with van der Waals surface area (Å²) in [4.78, 5) is 24.4. The number of hydrazine groups is 1. The number of nitro benzene ring substituents is 1. The van der Waals surface area contributed by atoms with Crippen LogP contribution in [-0.2, 0) is 11.3 Å². The molecule has 1 atom stereocenters. The molecular formula is C13H19N5O3. The Morgan fingerprint density at radius 1 is 1.57 bits per heavy atom. The molecule has 1 saturated heterocycles. The van der Waals surface area contributed by atoms with E-state index in [0.29, 0.717) is 19.5 Å². The Labute approximate surface area is 122 Å². The zero-order valence-corrected chi connectivity index (χ0v) is 11.8. The molecule has 8 heteroatoms. The fraction of sp³-hybridized carbons (Fsp3) is 0.462. The molecule has 114 valence electrons. The summed E-state index contributed by atoms with van der Waals surface area (Å²) in [5.74, 6) is 5.28. The van der Waals surface area contributed by atoms with E-state index in [1.54, 1.807) is 12.1 Å². The first-order chi connectivity index (χ1) is 10.1. The molecule has 0 spiro atoms. The normalized spacial score (nSPS) is 19.1. The van der Waals surface area contributed by atoms with Crippen molar-refractivity contribution in [3.05, 3.63) is 33.9 Å². The van der Waals surface area contributed by atoms with Crippen molar-refractivity contribution >= 4 is 17.3 Å². The summed E-state index contributed by atoms with van der Waals surface area (Å²) in [5.41, 5.74) is 3.31. The molecule has 8 nitrogen and oxygen atoms in total. The number of carbonyl (C=O) groups is 1. The van der Waals surface area contributed by atoms with Crippen LogP contribution in [0, 0.1) is 10.1 Å². The Morgan fingerprint density at radius 3 is 2.95 bits per heavy atom. The van der Waals surface area contributed by atoms with Crippen LogP contribution in [0.3, 0.4) is 0 Å². The SMILES string of the molecule is CCC1C(=O)NCCN1Cc1ccc(NN)c([N+](=O)[O-])c1. The predicted molar refractivity (Wildman–Crippen MR) is 78.4 cm³/mol. The number of carbonyl (C=O) groups excluding carboxylic acids is 1. The maximum Gasteiger partial charge on any atom is 0.293 e. The highest BCUT2D eigenvalue weighted by molar-refractivity contribution is 5.82. The van der Waals surface area contributed by atoms with E-state index in [4.69, 9.17) is 5.84 Å². The van der Waals surface area contributed by atoms with Crippen LogP contribution in [0.15, 0.2) is 18.2 Å². The van der Waals surface area contributed by atoms with Gasteiger partial charge in [-0.2, -0.15) is 0 Å². The van der Waals surface area contributed by atoms with E-state index in [0.717, 1.165) is 12.1 Å². The topological polar surface area (TPSA) is 114 Å². The summed E-state index contributed by atoms with van der Waals surface area (Å²) in [6, 6.07) is 4.67. The monoisotopic (exact) mass is 293 g/mol. The molecular weight excluding hydrogens is 274 g/mol. The van der Waals surface area contributed by atoms with Gasteiger partial charge in [-0.15, -0.1) is 0 Å². The van der Waals surface area contributed by atoms with Gasteiger partial charge in [0.15, 0.2) is 0 Å². The second-order valence-corrected chi connectivity index (χ2v) is 4.94. The lowest BCUT2D eigenvalue weighted by Crippen LogP contribution is -2.54. The smallest absolute Gasteiger partial charge is 0.293 e. The van der Waals surface area contributed by atoms with E-state index in [1.807, 2.05) is 11.8 Å². The van der Waals surface area contributed by atoms with Crippen molar-refractivity contribution in [2.24, 2.45) is 5.84 Å². The molecule has 0 aromatic heterocycles. The molecule has 1 aliphatic heterocycles. The van der Waals surface area contributed by atoms with Gasteiger partial charge in [0, 0.05) is 25.7 Å². The van der Waals surface area contributed by atoms with Gasteiger partial charge in [-0.3, -0.25) is 25.7 Å². The van der Waals surface area contributed by atoms with Crippen molar-refractivity contribution in [2.45, 2.75) is 25.9 Å². The fourth-order valence-corrected chi connectivity index (χ4v) is 2.58. The summed E-state index contributed by atoms with van der Waals surface area (Å²) < 4.78 is 0. The first-order valence-electron chi connectivity index (χ1n) is 6.82. The van der Waals surface area contributed by atoms with Gasteiger partial charge in [-0.1, -0.05) is 13.0 Å². The average molecular weight is 293 g/mol. The maximum atomic E-state index is 11.8. The zero-order chi connectivity index (χ0) is 15.4. The minimum atomic E-state index is -0.473. The van der Waals surface area contributed by atoms with Crippen LogP contribution < -0.4 is 16.6 Å². The number of nitrogen functional groups attached to an aromatic ring is 1. The Bertz CT molecular complexity index is 549. The van der Waals surface area contributed by atoms with Crippen LogP contribution in [0.5, 0.6) is 0 Å². The highest BCUT2D eigenvalue weighted by atomic mass is 16.6. The third-order valence-corrected chi connectivity index (χ3v) is 3.63. The van der Waals surface area contributed by atoms with Crippen LogP contribution in [0.4, 0.5) is 11.4 Å². The second kappa shape index (κ2) is 6.51. The number of rotatable bonds is 5.